The lowest BCUT2D eigenvalue weighted by Crippen LogP contribution is -1.82. The summed E-state index contributed by atoms with van der Waals surface area (Å²) in [5.41, 5.74) is 5.20. The number of hydrogen-bond donors (Lipinski definition) is 1. The van der Waals surface area contributed by atoms with E-state index < -0.39 is 0 Å². The zero-order chi connectivity index (χ0) is 5.70. The van der Waals surface area contributed by atoms with Gasteiger partial charge in [-0.15, -0.1) is 0 Å². The van der Waals surface area contributed by atoms with E-state index in [1.165, 1.54) is 0 Å². The van der Waals surface area contributed by atoms with Crippen LogP contribution >= 0.6 is 15.9 Å². The van der Waals surface area contributed by atoms with E-state index in [9.17, 15) is 0 Å². The van der Waals surface area contributed by atoms with E-state index in [0.717, 1.165) is 0 Å². The van der Waals surface area contributed by atoms with Crippen LogP contribution < -0.4 is 5.73 Å². The monoisotopic (exact) mass is 161 g/mol. The fraction of sp³-hybridized carbons (Fsp3) is 0.200. The van der Waals surface area contributed by atoms with E-state index >= 15 is 0 Å². The molecule has 0 bridgehead atoms. The molecule has 0 spiro atoms. The largest absolute Gasteiger partial charge is 0.393 e. The number of nitrogens with two attached hydrogens (primary N) is 1. The molecule has 0 aliphatic carbocycles. The van der Waals surface area contributed by atoms with Crippen molar-refractivity contribution >= 4 is 15.9 Å². The smallest absolute Gasteiger partial charge is 0.0753 e. The van der Waals surface area contributed by atoms with Crippen molar-refractivity contribution in [3.63, 3.8) is 0 Å². The molecule has 40 valence electrons. The molecule has 0 radical (unpaired) electrons. The lowest BCUT2D eigenvalue weighted by molar-refractivity contribution is 1.56. The Balaban J connectivity index is 3.46. The molecule has 0 saturated carbocycles. The van der Waals surface area contributed by atoms with Gasteiger partial charge in [0.25, 0.3) is 0 Å². The molecule has 0 aliphatic rings. The Hall–Kier alpha value is -0.240. The maximum atomic E-state index is 5.20. The summed E-state index contributed by atoms with van der Waals surface area (Å²) in [7, 11) is 0. The summed E-state index contributed by atoms with van der Waals surface area (Å²) >= 11 is 3.06. The number of rotatable bonds is 1. The quantitative estimate of drug-likeness (QED) is 0.461. The van der Waals surface area contributed by atoms with E-state index in [0.29, 0.717) is 4.61 Å². The summed E-state index contributed by atoms with van der Waals surface area (Å²) in [6, 6.07) is 0. The lowest BCUT2D eigenvalue weighted by atomic mass is 10.5. The van der Waals surface area contributed by atoms with Gasteiger partial charge >= 0.3 is 0 Å². The minimum Gasteiger partial charge on any atom is -0.393 e. The van der Waals surface area contributed by atoms with Crippen LogP contribution in [0.15, 0.2) is 22.8 Å². The van der Waals surface area contributed by atoms with Crippen LogP contribution in [0.5, 0.6) is 0 Å². The van der Waals surface area contributed by atoms with Crippen LogP contribution in [0, 0.1) is 0 Å². The summed E-state index contributed by atoms with van der Waals surface area (Å²) < 4.78 is 0.658. The molecule has 0 aromatic carbocycles. The second-order valence-corrected chi connectivity index (χ2v) is 1.99. The molecule has 0 amide bonds. The first kappa shape index (κ1) is 6.76. The number of allylic oxidation sites excluding steroid dienone is 3. The Morgan fingerprint density at radius 3 is 2.43 bits per heavy atom. The zero-order valence-electron chi connectivity index (χ0n) is 4.19. The third kappa shape index (κ3) is 5.76. The summed E-state index contributed by atoms with van der Waals surface area (Å²) in [6.07, 6.45) is 5.55. The highest BCUT2D eigenvalue weighted by Gasteiger charge is 1.68. The van der Waals surface area contributed by atoms with Crippen molar-refractivity contribution in [3.05, 3.63) is 22.8 Å². The van der Waals surface area contributed by atoms with Crippen molar-refractivity contribution in [1.29, 1.82) is 0 Å². The highest BCUT2D eigenvalue weighted by atomic mass is 79.9. The molecule has 2 heteroatoms. The van der Waals surface area contributed by atoms with E-state index in [1.807, 2.05) is 19.1 Å². The molecule has 0 heterocycles. The Kier molecular flexibility index (Phi) is 3.80. The highest BCUT2D eigenvalue weighted by molar-refractivity contribution is 9.11. The molecule has 0 aromatic heterocycles. The Morgan fingerprint density at radius 1 is 1.71 bits per heavy atom. The molecule has 0 aromatic rings. The normalized spacial score (nSPS) is 13.1. The molecule has 2 N–H and O–H groups in total. The molecule has 1 nitrogen and oxygen atoms in total. The van der Waals surface area contributed by atoms with E-state index in [2.05, 4.69) is 15.9 Å². The van der Waals surface area contributed by atoms with Gasteiger partial charge in [-0.05, 0) is 28.9 Å². The van der Waals surface area contributed by atoms with Gasteiger partial charge in [0.05, 0.1) is 4.61 Å². The molecule has 0 atom stereocenters. The second-order valence-electron chi connectivity index (χ2n) is 1.08. The minimum atomic E-state index is 0.658. The van der Waals surface area contributed by atoms with Gasteiger partial charge in [0.2, 0.25) is 0 Å². The van der Waals surface area contributed by atoms with Crippen molar-refractivity contribution in [3.8, 4) is 0 Å². The summed E-state index contributed by atoms with van der Waals surface area (Å²) in [4.78, 5) is 0. The maximum absolute atomic E-state index is 5.20. The molecule has 0 aliphatic heterocycles. The summed E-state index contributed by atoms with van der Waals surface area (Å²) in [6.45, 7) is 1.94. The average molecular weight is 162 g/mol. The second kappa shape index (κ2) is 3.93. The van der Waals surface area contributed by atoms with Crippen molar-refractivity contribution in [2.24, 2.45) is 5.73 Å². The van der Waals surface area contributed by atoms with E-state index in [1.54, 1.807) is 6.08 Å². The zero-order valence-corrected chi connectivity index (χ0v) is 5.77. The summed E-state index contributed by atoms with van der Waals surface area (Å²) in [5, 5.41) is 0. The first-order valence-corrected chi connectivity index (χ1v) is 2.80. The molecule has 0 unspecified atom stereocenters. The van der Waals surface area contributed by atoms with Crippen LogP contribution in [-0.2, 0) is 0 Å². The Morgan fingerprint density at radius 2 is 2.29 bits per heavy atom. The number of hydrogen-bond acceptors (Lipinski definition) is 1. The fourth-order valence-electron chi connectivity index (χ4n) is 0.188. The van der Waals surface area contributed by atoms with Crippen LogP contribution in [0.1, 0.15) is 6.92 Å². The highest BCUT2D eigenvalue weighted by Crippen LogP contribution is 1.92. The van der Waals surface area contributed by atoms with Crippen molar-refractivity contribution in [2.45, 2.75) is 6.92 Å². The first-order valence-electron chi connectivity index (χ1n) is 2.01. The summed E-state index contributed by atoms with van der Waals surface area (Å²) in [5.74, 6) is 0. The molecule has 0 rings (SSSR count). The molecular formula is C5H8BrN. The van der Waals surface area contributed by atoms with Gasteiger partial charge in [-0.2, -0.15) is 0 Å². The third-order valence-electron chi connectivity index (χ3n) is 0.448. The Labute approximate surface area is 52.0 Å². The van der Waals surface area contributed by atoms with E-state index in [-0.39, 0.29) is 0 Å². The van der Waals surface area contributed by atoms with Crippen molar-refractivity contribution in [1.82, 2.24) is 0 Å². The van der Waals surface area contributed by atoms with Crippen LogP contribution in [0.4, 0.5) is 0 Å². The molecular weight excluding hydrogens is 154 g/mol. The first-order chi connectivity index (χ1) is 3.27. The lowest BCUT2D eigenvalue weighted by Gasteiger charge is -1.77. The van der Waals surface area contributed by atoms with Crippen LogP contribution in [0.2, 0.25) is 0 Å². The van der Waals surface area contributed by atoms with Gasteiger partial charge in [0.15, 0.2) is 0 Å². The predicted molar refractivity (Wildman–Crippen MR) is 36.0 cm³/mol. The van der Waals surface area contributed by atoms with E-state index in [4.69, 9.17) is 5.73 Å². The predicted octanol–water partition coefficient (Wildman–Crippen LogP) is 1.76. The van der Waals surface area contributed by atoms with Gasteiger partial charge in [-0.25, -0.2) is 0 Å². The van der Waals surface area contributed by atoms with Gasteiger partial charge in [0, 0.05) is 0 Å². The standard InChI is InChI=1S/C5H8BrN/c1-2-3-4-5(6)7/h2-4H,7H2,1H3/b3-2-,5-4-. The minimum absolute atomic E-state index is 0.658. The van der Waals surface area contributed by atoms with Crippen LogP contribution in [0.25, 0.3) is 0 Å². The molecule has 0 saturated heterocycles. The van der Waals surface area contributed by atoms with Crippen molar-refractivity contribution < 1.29 is 0 Å². The van der Waals surface area contributed by atoms with Crippen LogP contribution in [0.3, 0.4) is 0 Å². The maximum Gasteiger partial charge on any atom is 0.0753 e. The fourth-order valence-corrected chi connectivity index (χ4v) is 0.341. The van der Waals surface area contributed by atoms with Crippen molar-refractivity contribution in [2.75, 3.05) is 0 Å². The Bertz CT molecular complexity index is 90.3. The number of halogens is 1. The van der Waals surface area contributed by atoms with Gasteiger partial charge in [-0.1, -0.05) is 12.2 Å². The molecule has 7 heavy (non-hydrogen) atoms. The third-order valence-corrected chi connectivity index (χ3v) is 0.712. The topological polar surface area (TPSA) is 26.0 Å². The molecule has 0 fully saturated rings. The van der Waals surface area contributed by atoms with Gasteiger partial charge in [0.1, 0.15) is 0 Å². The van der Waals surface area contributed by atoms with Gasteiger partial charge < -0.3 is 5.73 Å². The van der Waals surface area contributed by atoms with Crippen LogP contribution in [-0.4, -0.2) is 0 Å². The van der Waals surface area contributed by atoms with Gasteiger partial charge in [-0.3, -0.25) is 0 Å². The average Bonchev–Trinajstić information content (AvgIpc) is 1.61. The SMILES string of the molecule is C/C=C\C=C(/N)Br.